The van der Waals surface area contributed by atoms with Crippen molar-refractivity contribution < 1.29 is 18.1 Å². The lowest BCUT2D eigenvalue weighted by Crippen LogP contribution is -2.25. The molecule has 4 nitrogen and oxygen atoms in total. The van der Waals surface area contributed by atoms with Gasteiger partial charge in [-0.3, -0.25) is 4.18 Å². The van der Waals surface area contributed by atoms with E-state index in [1.54, 1.807) is 0 Å². The highest BCUT2D eigenvalue weighted by molar-refractivity contribution is 9.10. The van der Waals surface area contributed by atoms with E-state index in [2.05, 4.69) is 25.2 Å². The molecule has 0 saturated carbocycles. The van der Waals surface area contributed by atoms with Gasteiger partial charge in [0.2, 0.25) is 0 Å². The van der Waals surface area contributed by atoms with Gasteiger partial charge in [0.15, 0.2) is 12.3 Å². The molecule has 7 heteroatoms. The molecule has 1 aliphatic rings. The van der Waals surface area contributed by atoms with E-state index >= 15 is 0 Å². The van der Waals surface area contributed by atoms with Gasteiger partial charge in [0.1, 0.15) is 0 Å². The summed E-state index contributed by atoms with van der Waals surface area (Å²) in [6.45, 7) is 0.651. The predicted octanol–water partition coefficient (Wildman–Crippen LogP) is 4.48. The lowest BCUT2D eigenvalue weighted by molar-refractivity contribution is -0.169. The lowest BCUT2D eigenvalue weighted by atomic mass is 9.99. The van der Waals surface area contributed by atoms with E-state index in [1.165, 1.54) is 7.11 Å². The van der Waals surface area contributed by atoms with E-state index in [1.807, 2.05) is 18.2 Å². The monoisotopic (exact) mass is 368 g/mol. The van der Waals surface area contributed by atoms with Gasteiger partial charge in [-0.15, -0.1) is 4.33 Å². The second kappa shape index (κ2) is 7.83. The summed E-state index contributed by atoms with van der Waals surface area (Å²) in [6.07, 6.45) is 1.66. The minimum absolute atomic E-state index is 0.00598. The summed E-state index contributed by atoms with van der Waals surface area (Å²) in [5.41, 5.74) is 1.08. The van der Waals surface area contributed by atoms with Crippen molar-refractivity contribution in [3.63, 3.8) is 0 Å². The number of halogens is 2. The zero-order valence-corrected chi connectivity index (χ0v) is 13.5. The molecule has 0 amide bonds. The van der Waals surface area contributed by atoms with Crippen molar-refractivity contribution in [1.29, 1.82) is 0 Å². The van der Waals surface area contributed by atoms with E-state index < -0.39 is 0 Å². The predicted molar refractivity (Wildman–Crippen MR) is 77.6 cm³/mol. The third-order valence-corrected chi connectivity index (χ3v) is 4.28. The van der Waals surface area contributed by atoms with E-state index in [4.69, 9.17) is 20.5 Å². The van der Waals surface area contributed by atoms with Crippen LogP contribution >= 0.6 is 39.9 Å². The van der Waals surface area contributed by atoms with Crippen molar-refractivity contribution in [2.75, 3.05) is 13.7 Å². The summed E-state index contributed by atoms with van der Waals surface area (Å²) in [5, 5.41) is 0.697. The van der Waals surface area contributed by atoms with E-state index in [0.717, 1.165) is 35.2 Å². The Kier molecular flexibility index (Phi) is 6.41. The van der Waals surface area contributed by atoms with Crippen LogP contribution in [0.4, 0.5) is 0 Å². The minimum atomic E-state index is -0.00598. The summed E-state index contributed by atoms with van der Waals surface area (Å²) in [4.78, 5) is 4.46. The van der Waals surface area contributed by atoms with Crippen molar-refractivity contribution in [1.82, 2.24) is 0 Å². The van der Waals surface area contributed by atoms with E-state index in [-0.39, 0.29) is 12.2 Å². The molecule has 2 atom stereocenters. The van der Waals surface area contributed by atoms with Crippen molar-refractivity contribution >= 4 is 39.9 Å². The summed E-state index contributed by atoms with van der Waals surface area (Å²) < 4.78 is 16.9. The fraction of sp³-hybridized carbons (Fsp3) is 0.500. The second-order valence-electron chi connectivity index (χ2n) is 4.07. The molecule has 2 unspecified atom stereocenters. The molecule has 106 valence electrons. The highest BCUT2D eigenvalue weighted by atomic mass is 79.9. The van der Waals surface area contributed by atoms with Gasteiger partial charge in [0.25, 0.3) is 0 Å². The molecule has 1 aromatic rings. The van der Waals surface area contributed by atoms with Crippen LogP contribution in [0.1, 0.15) is 24.5 Å². The molecule has 1 saturated heterocycles. The molecule has 19 heavy (non-hydrogen) atoms. The Morgan fingerprint density at radius 3 is 3.05 bits per heavy atom. The highest BCUT2D eigenvalue weighted by Crippen LogP contribution is 2.36. The van der Waals surface area contributed by atoms with Crippen molar-refractivity contribution in [3.05, 3.63) is 33.3 Å². The molecular formula is C12H14BrClO4S. The van der Waals surface area contributed by atoms with Crippen molar-refractivity contribution in [3.8, 4) is 0 Å². The molecule has 2 rings (SSSR count). The molecule has 0 aliphatic carbocycles. The first-order valence-corrected chi connectivity index (χ1v) is 7.64. The maximum Gasteiger partial charge on any atom is 0.194 e. The molecule has 1 fully saturated rings. The van der Waals surface area contributed by atoms with Crippen molar-refractivity contribution in [2.45, 2.75) is 25.0 Å². The van der Waals surface area contributed by atoms with E-state index in [9.17, 15) is 0 Å². The average Bonchev–Trinajstić information content (AvgIpc) is 2.39. The van der Waals surface area contributed by atoms with E-state index in [0.29, 0.717) is 11.6 Å². The number of hydrogen-bond acceptors (Lipinski definition) is 5. The van der Waals surface area contributed by atoms with Gasteiger partial charge in [0, 0.05) is 22.5 Å². The van der Waals surface area contributed by atoms with Gasteiger partial charge in [-0.25, -0.2) is 4.89 Å². The van der Waals surface area contributed by atoms with Crippen LogP contribution in [0.2, 0.25) is 5.02 Å². The average molecular weight is 370 g/mol. The molecule has 1 heterocycles. The van der Waals surface area contributed by atoms with Gasteiger partial charge in [0.05, 0.1) is 19.3 Å². The first kappa shape index (κ1) is 15.6. The van der Waals surface area contributed by atoms with Gasteiger partial charge in [-0.05, 0) is 24.1 Å². The molecule has 0 spiro atoms. The minimum Gasteiger partial charge on any atom is -0.373 e. The van der Waals surface area contributed by atoms with Crippen LogP contribution in [0.5, 0.6) is 0 Å². The second-order valence-corrected chi connectivity index (χ2v) is 5.83. The summed E-state index contributed by atoms with van der Waals surface area (Å²) in [7, 11) is 1.44. The fourth-order valence-corrected chi connectivity index (χ4v) is 3.24. The Labute approximate surface area is 130 Å². The van der Waals surface area contributed by atoms with Crippen LogP contribution in [0.25, 0.3) is 0 Å². The zero-order valence-electron chi connectivity index (χ0n) is 10.3. The smallest absolute Gasteiger partial charge is 0.194 e. The van der Waals surface area contributed by atoms with Crippen LogP contribution in [-0.4, -0.2) is 19.8 Å². The molecule has 0 N–H and O–H groups in total. The standard InChI is InChI=1S/C12H14BrClO4S/c1-15-18-19-17-9-4-5-16-12(7-9)10-3-2-8(14)6-11(10)13/h2-3,6,9,12H,4-5,7H2,1H3. The number of hydrogen-bond donors (Lipinski definition) is 0. The Bertz CT molecular complexity index is 421. The lowest BCUT2D eigenvalue weighted by Gasteiger charge is -2.29. The van der Waals surface area contributed by atoms with Crippen LogP contribution in [0, 0.1) is 0 Å². The summed E-state index contributed by atoms with van der Waals surface area (Å²) >= 11 is 10.3. The van der Waals surface area contributed by atoms with Crippen LogP contribution in [-0.2, 0) is 18.1 Å². The molecule has 1 aromatic carbocycles. The molecule has 0 radical (unpaired) electrons. The largest absolute Gasteiger partial charge is 0.373 e. The van der Waals surface area contributed by atoms with Gasteiger partial charge in [-0.2, -0.15) is 0 Å². The Hall–Kier alpha value is 0.180. The zero-order chi connectivity index (χ0) is 13.7. The third kappa shape index (κ3) is 4.60. The number of rotatable bonds is 5. The highest BCUT2D eigenvalue weighted by Gasteiger charge is 2.26. The van der Waals surface area contributed by atoms with Gasteiger partial charge >= 0.3 is 0 Å². The third-order valence-electron chi connectivity index (χ3n) is 2.82. The van der Waals surface area contributed by atoms with Crippen LogP contribution < -0.4 is 0 Å². The van der Waals surface area contributed by atoms with Crippen LogP contribution in [0.15, 0.2) is 22.7 Å². The first-order chi connectivity index (χ1) is 9.20. The van der Waals surface area contributed by atoms with Crippen LogP contribution in [0.3, 0.4) is 0 Å². The normalized spacial score (nSPS) is 23.5. The Morgan fingerprint density at radius 2 is 2.32 bits per heavy atom. The number of benzene rings is 1. The fourth-order valence-electron chi connectivity index (χ4n) is 1.93. The van der Waals surface area contributed by atoms with Crippen molar-refractivity contribution in [2.24, 2.45) is 0 Å². The maximum absolute atomic E-state index is 5.94. The quantitative estimate of drug-likeness (QED) is 0.331. The van der Waals surface area contributed by atoms with Gasteiger partial charge in [-0.1, -0.05) is 33.6 Å². The first-order valence-electron chi connectivity index (χ1n) is 5.80. The molecule has 1 aliphatic heterocycles. The molecule has 0 bridgehead atoms. The SMILES string of the molecule is COOSOC1CCOC(c2ccc(Cl)cc2Br)C1. The maximum atomic E-state index is 5.94. The summed E-state index contributed by atoms with van der Waals surface area (Å²) in [5.74, 6) is 0. The molecule has 0 aromatic heterocycles. The Morgan fingerprint density at radius 1 is 1.47 bits per heavy atom. The summed E-state index contributed by atoms with van der Waals surface area (Å²) in [6, 6.07) is 5.70. The van der Waals surface area contributed by atoms with Gasteiger partial charge < -0.3 is 4.74 Å². The Balaban J connectivity index is 1.96. The topological polar surface area (TPSA) is 36.9 Å². The molecular weight excluding hydrogens is 356 g/mol. The number of ether oxygens (including phenoxy) is 1.